The summed E-state index contributed by atoms with van der Waals surface area (Å²) in [5, 5.41) is 3.12. The molecule has 0 radical (unpaired) electrons. The highest BCUT2D eigenvalue weighted by Crippen LogP contribution is 2.20. The predicted octanol–water partition coefficient (Wildman–Crippen LogP) is 1.69. The van der Waals surface area contributed by atoms with Crippen molar-refractivity contribution in [3.05, 3.63) is 36.7 Å². The number of aromatic nitrogens is 4. The van der Waals surface area contributed by atoms with Gasteiger partial charge in [0.25, 0.3) is 0 Å². The van der Waals surface area contributed by atoms with Crippen LogP contribution >= 0.6 is 0 Å². The number of hydrogen-bond donors (Lipinski definition) is 2. The van der Waals surface area contributed by atoms with Crippen molar-refractivity contribution in [2.75, 3.05) is 11.1 Å². The van der Waals surface area contributed by atoms with Crippen LogP contribution in [0, 0.1) is 0 Å². The summed E-state index contributed by atoms with van der Waals surface area (Å²) >= 11 is 0. The minimum Gasteiger partial charge on any atom is -0.384 e. The number of aryl methyl sites for hydroxylation is 1. The Labute approximate surface area is 104 Å². The maximum absolute atomic E-state index is 5.61. The van der Waals surface area contributed by atoms with E-state index in [1.54, 1.807) is 6.07 Å². The fourth-order valence-electron chi connectivity index (χ4n) is 1.81. The van der Waals surface area contributed by atoms with E-state index >= 15 is 0 Å². The van der Waals surface area contributed by atoms with Gasteiger partial charge in [0.1, 0.15) is 18.0 Å². The van der Waals surface area contributed by atoms with Gasteiger partial charge in [-0.3, -0.25) is 0 Å². The Morgan fingerprint density at radius 3 is 2.83 bits per heavy atom. The fraction of sp³-hybridized carbons (Fsp3) is 0.0833. The average Bonchev–Trinajstić information content (AvgIpc) is 2.67. The minimum absolute atomic E-state index is 0.422. The van der Waals surface area contributed by atoms with Crippen molar-refractivity contribution in [3.63, 3.8) is 0 Å². The molecule has 3 N–H and O–H groups in total. The molecule has 0 bridgehead atoms. The monoisotopic (exact) mass is 240 g/mol. The first kappa shape index (κ1) is 10.5. The second-order valence-corrected chi connectivity index (χ2v) is 3.94. The fourth-order valence-corrected chi connectivity index (χ4v) is 1.81. The zero-order chi connectivity index (χ0) is 12.5. The van der Waals surface area contributed by atoms with Crippen LogP contribution in [0.25, 0.3) is 11.0 Å². The van der Waals surface area contributed by atoms with Gasteiger partial charge in [0.2, 0.25) is 5.95 Å². The Kier molecular flexibility index (Phi) is 2.33. The van der Waals surface area contributed by atoms with Gasteiger partial charge in [0.05, 0.1) is 11.0 Å². The summed E-state index contributed by atoms with van der Waals surface area (Å²) in [6.07, 6.45) is 1.42. The number of anilines is 3. The lowest BCUT2D eigenvalue weighted by atomic mass is 10.3. The molecule has 0 unspecified atom stereocenters. The number of nitrogens with one attached hydrogen (secondary N) is 1. The van der Waals surface area contributed by atoms with Crippen LogP contribution in [0.3, 0.4) is 0 Å². The normalized spacial score (nSPS) is 10.7. The number of para-hydroxylation sites is 2. The van der Waals surface area contributed by atoms with E-state index in [2.05, 4.69) is 20.3 Å². The van der Waals surface area contributed by atoms with Gasteiger partial charge in [-0.05, 0) is 12.1 Å². The smallest absolute Gasteiger partial charge is 0.209 e. The lowest BCUT2D eigenvalue weighted by Gasteiger charge is -2.05. The molecule has 18 heavy (non-hydrogen) atoms. The number of rotatable bonds is 2. The molecule has 6 heteroatoms. The molecule has 2 aromatic heterocycles. The summed E-state index contributed by atoms with van der Waals surface area (Å²) in [4.78, 5) is 12.4. The number of fused-ring (bicyclic) bond motifs is 1. The molecule has 0 saturated carbocycles. The summed E-state index contributed by atoms with van der Waals surface area (Å²) in [6, 6.07) is 9.59. The number of nitrogens with two attached hydrogens (primary N) is 1. The molecular weight excluding hydrogens is 228 g/mol. The number of hydrogen-bond acceptors (Lipinski definition) is 5. The second kappa shape index (κ2) is 3.99. The molecule has 6 nitrogen and oxygen atoms in total. The van der Waals surface area contributed by atoms with Crippen LogP contribution in [0.2, 0.25) is 0 Å². The predicted molar refractivity (Wildman–Crippen MR) is 70.4 cm³/mol. The van der Waals surface area contributed by atoms with Crippen molar-refractivity contribution in [1.82, 2.24) is 19.5 Å². The van der Waals surface area contributed by atoms with Gasteiger partial charge in [0.15, 0.2) is 0 Å². The Morgan fingerprint density at radius 2 is 2.06 bits per heavy atom. The van der Waals surface area contributed by atoms with Crippen molar-refractivity contribution in [3.8, 4) is 0 Å². The molecule has 1 aromatic carbocycles. The summed E-state index contributed by atoms with van der Waals surface area (Å²) in [5.74, 6) is 1.77. The zero-order valence-corrected chi connectivity index (χ0v) is 9.83. The highest BCUT2D eigenvalue weighted by molar-refractivity contribution is 5.79. The first-order chi connectivity index (χ1) is 8.74. The van der Waals surface area contributed by atoms with Crippen molar-refractivity contribution in [2.24, 2.45) is 7.05 Å². The summed E-state index contributed by atoms with van der Waals surface area (Å²) in [5.41, 5.74) is 7.60. The third-order valence-corrected chi connectivity index (χ3v) is 2.72. The second-order valence-electron chi connectivity index (χ2n) is 3.94. The van der Waals surface area contributed by atoms with Crippen LogP contribution in [0.1, 0.15) is 0 Å². The van der Waals surface area contributed by atoms with E-state index in [4.69, 9.17) is 5.73 Å². The van der Waals surface area contributed by atoms with Crippen molar-refractivity contribution < 1.29 is 0 Å². The van der Waals surface area contributed by atoms with E-state index < -0.39 is 0 Å². The van der Waals surface area contributed by atoms with Gasteiger partial charge in [-0.2, -0.15) is 0 Å². The van der Waals surface area contributed by atoms with Gasteiger partial charge in [-0.15, -0.1) is 0 Å². The molecular formula is C12H12N6. The summed E-state index contributed by atoms with van der Waals surface area (Å²) in [6.45, 7) is 0. The first-order valence-corrected chi connectivity index (χ1v) is 5.50. The molecule has 0 spiro atoms. The molecule has 0 aliphatic heterocycles. The maximum Gasteiger partial charge on any atom is 0.209 e. The third kappa shape index (κ3) is 1.73. The topological polar surface area (TPSA) is 81.7 Å². The highest BCUT2D eigenvalue weighted by Gasteiger charge is 2.07. The van der Waals surface area contributed by atoms with Crippen molar-refractivity contribution in [1.29, 1.82) is 0 Å². The molecule has 2 heterocycles. The van der Waals surface area contributed by atoms with Gasteiger partial charge in [0, 0.05) is 13.1 Å². The lowest BCUT2D eigenvalue weighted by molar-refractivity contribution is 0.954. The zero-order valence-electron chi connectivity index (χ0n) is 9.83. The highest BCUT2D eigenvalue weighted by atomic mass is 15.2. The largest absolute Gasteiger partial charge is 0.384 e. The molecule has 0 aliphatic rings. The SMILES string of the molecule is Cn1c(Nc2cc(N)ncn2)nc2ccccc21. The lowest BCUT2D eigenvalue weighted by Crippen LogP contribution is -2.02. The summed E-state index contributed by atoms with van der Waals surface area (Å²) < 4.78 is 1.97. The van der Waals surface area contributed by atoms with E-state index in [-0.39, 0.29) is 0 Å². The quantitative estimate of drug-likeness (QED) is 0.712. The Hall–Kier alpha value is -2.63. The van der Waals surface area contributed by atoms with Crippen LogP contribution in [0.5, 0.6) is 0 Å². The molecule has 3 rings (SSSR count). The standard InChI is InChI=1S/C12H12N6/c1-18-9-5-3-2-4-8(9)16-12(18)17-11-6-10(13)14-7-15-11/h2-7H,1H3,(H3,13,14,15,16,17). The Bertz CT molecular complexity index is 703. The van der Waals surface area contributed by atoms with E-state index in [0.717, 1.165) is 11.0 Å². The van der Waals surface area contributed by atoms with Gasteiger partial charge in [-0.1, -0.05) is 12.1 Å². The molecule has 0 fully saturated rings. The Morgan fingerprint density at radius 1 is 1.22 bits per heavy atom. The summed E-state index contributed by atoms with van der Waals surface area (Å²) in [7, 11) is 1.95. The van der Waals surface area contributed by atoms with E-state index in [9.17, 15) is 0 Å². The number of benzene rings is 1. The molecule has 0 saturated heterocycles. The molecule has 90 valence electrons. The third-order valence-electron chi connectivity index (χ3n) is 2.72. The van der Waals surface area contributed by atoms with Crippen LogP contribution in [0.4, 0.5) is 17.6 Å². The van der Waals surface area contributed by atoms with Crippen LogP contribution in [0.15, 0.2) is 36.7 Å². The molecule has 3 aromatic rings. The average molecular weight is 240 g/mol. The van der Waals surface area contributed by atoms with E-state index in [1.165, 1.54) is 6.33 Å². The van der Waals surface area contributed by atoms with Crippen molar-refractivity contribution >= 4 is 28.6 Å². The number of nitrogens with zero attached hydrogens (tertiary/aromatic N) is 4. The van der Waals surface area contributed by atoms with Gasteiger partial charge >= 0.3 is 0 Å². The van der Waals surface area contributed by atoms with E-state index in [0.29, 0.717) is 17.6 Å². The van der Waals surface area contributed by atoms with Crippen LogP contribution < -0.4 is 11.1 Å². The number of imidazole rings is 1. The van der Waals surface area contributed by atoms with E-state index in [1.807, 2.05) is 35.9 Å². The van der Waals surface area contributed by atoms with Gasteiger partial charge in [-0.25, -0.2) is 15.0 Å². The first-order valence-electron chi connectivity index (χ1n) is 5.50. The van der Waals surface area contributed by atoms with Crippen LogP contribution in [-0.2, 0) is 7.05 Å². The van der Waals surface area contributed by atoms with Crippen molar-refractivity contribution in [2.45, 2.75) is 0 Å². The molecule has 0 atom stereocenters. The van der Waals surface area contributed by atoms with Gasteiger partial charge < -0.3 is 15.6 Å². The molecule has 0 amide bonds. The van der Waals surface area contributed by atoms with Crippen LogP contribution in [-0.4, -0.2) is 19.5 Å². The number of nitrogen functional groups attached to an aromatic ring is 1. The maximum atomic E-state index is 5.61. The minimum atomic E-state index is 0.422. The molecule has 0 aliphatic carbocycles. The Balaban J connectivity index is 2.02.